The molecule has 1 aromatic carbocycles. The van der Waals surface area contributed by atoms with Crippen LogP contribution in [0.4, 0.5) is 0 Å². The molecule has 0 atom stereocenters. The highest BCUT2D eigenvalue weighted by molar-refractivity contribution is 5.46. The van der Waals surface area contributed by atoms with E-state index < -0.39 is 0 Å². The van der Waals surface area contributed by atoms with E-state index in [1.807, 2.05) is 30.3 Å². The van der Waals surface area contributed by atoms with Gasteiger partial charge in [-0.1, -0.05) is 18.2 Å². The minimum Gasteiger partial charge on any atom is -0.490 e. The summed E-state index contributed by atoms with van der Waals surface area (Å²) in [6, 6.07) is 9.77. The van der Waals surface area contributed by atoms with Crippen molar-refractivity contribution in [3.63, 3.8) is 0 Å². The zero-order valence-electron chi connectivity index (χ0n) is 11.1. The molecule has 19 heavy (non-hydrogen) atoms. The Kier molecular flexibility index (Phi) is 4.09. The Morgan fingerprint density at radius 3 is 2.53 bits per heavy atom. The van der Waals surface area contributed by atoms with Crippen molar-refractivity contribution in [2.24, 2.45) is 0 Å². The normalized spacial score (nSPS) is 9.95. The Balaban J connectivity index is 2.49. The van der Waals surface area contributed by atoms with Gasteiger partial charge in [0.05, 0.1) is 19.9 Å². The van der Waals surface area contributed by atoms with Gasteiger partial charge in [-0.15, -0.1) is 12.3 Å². The third-order valence-corrected chi connectivity index (χ3v) is 2.77. The van der Waals surface area contributed by atoms with E-state index in [1.165, 1.54) is 0 Å². The first kappa shape index (κ1) is 13.0. The van der Waals surface area contributed by atoms with Crippen molar-refractivity contribution in [3.05, 3.63) is 36.0 Å². The highest BCUT2D eigenvalue weighted by atomic mass is 16.5. The zero-order valence-corrected chi connectivity index (χ0v) is 11.1. The van der Waals surface area contributed by atoms with Crippen LogP contribution in [-0.4, -0.2) is 24.0 Å². The van der Waals surface area contributed by atoms with Gasteiger partial charge in [-0.2, -0.15) is 9.78 Å². The molecule has 0 spiro atoms. The Bertz CT molecular complexity index is 582. The van der Waals surface area contributed by atoms with Crippen LogP contribution in [0.15, 0.2) is 30.3 Å². The monoisotopic (exact) mass is 256 g/mol. The fraction of sp³-hybridized carbons (Fsp3) is 0.267. The van der Waals surface area contributed by atoms with Gasteiger partial charge in [0.25, 0.3) is 5.88 Å². The maximum absolute atomic E-state index is 5.41. The lowest BCUT2D eigenvalue weighted by molar-refractivity contribution is 0.338. The van der Waals surface area contributed by atoms with E-state index in [0.29, 0.717) is 24.5 Å². The lowest BCUT2D eigenvalue weighted by Crippen LogP contribution is -2.00. The van der Waals surface area contributed by atoms with E-state index in [4.69, 9.17) is 15.9 Å². The number of nitrogens with zero attached hydrogens (tertiary/aromatic N) is 2. The number of aromatic nitrogens is 2. The number of hydrogen-bond acceptors (Lipinski definition) is 3. The van der Waals surface area contributed by atoms with Crippen molar-refractivity contribution in [2.75, 3.05) is 14.2 Å². The third-order valence-electron chi connectivity index (χ3n) is 2.77. The molecule has 4 heteroatoms. The molecule has 0 N–H and O–H groups in total. The lowest BCUT2D eigenvalue weighted by atomic mass is 10.2. The first-order valence-electron chi connectivity index (χ1n) is 6.00. The molecule has 0 amide bonds. The number of para-hydroxylation sites is 1. The summed E-state index contributed by atoms with van der Waals surface area (Å²) in [5, 5.41) is 4.53. The molecule has 2 aromatic rings. The minimum atomic E-state index is 0.584. The molecule has 4 nitrogen and oxygen atoms in total. The molecular weight excluding hydrogens is 240 g/mol. The van der Waals surface area contributed by atoms with E-state index in [0.717, 1.165) is 11.4 Å². The molecule has 0 saturated carbocycles. The summed E-state index contributed by atoms with van der Waals surface area (Å²) in [5.41, 5.74) is 1.73. The Morgan fingerprint density at radius 1 is 1.21 bits per heavy atom. The molecule has 1 aromatic heterocycles. The molecule has 0 radical (unpaired) electrons. The minimum absolute atomic E-state index is 0.584. The van der Waals surface area contributed by atoms with Crippen molar-refractivity contribution in [2.45, 2.75) is 12.8 Å². The molecule has 0 aliphatic carbocycles. The van der Waals surface area contributed by atoms with Crippen LogP contribution in [0.25, 0.3) is 5.69 Å². The molecule has 0 unspecified atom stereocenters. The van der Waals surface area contributed by atoms with E-state index in [9.17, 15) is 0 Å². The second-order valence-corrected chi connectivity index (χ2v) is 3.94. The average Bonchev–Trinajstić information content (AvgIpc) is 2.83. The van der Waals surface area contributed by atoms with Gasteiger partial charge < -0.3 is 9.47 Å². The van der Waals surface area contributed by atoms with E-state index >= 15 is 0 Å². The third kappa shape index (κ3) is 2.55. The second-order valence-electron chi connectivity index (χ2n) is 3.94. The second kappa shape index (κ2) is 5.96. The molecule has 1 heterocycles. The molecule has 0 bridgehead atoms. The van der Waals surface area contributed by atoms with Crippen LogP contribution in [0.1, 0.15) is 12.1 Å². The molecule has 0 aliphatic rings. The summed E-state index contributed by atoms with van der Waals surface area (Å²) in [7, 11) is 3.21. The largest absolute Gasteiger partial charge is 0.490 e. The highest BCUT2D eigenvalue weighted by Crippen LogP contribution is 2.33. The van der Waals surface area contributed by atoms with Crippen LogP contribution in [0.5, 0.6) is 11.6 Å². The number of aryl methyl sites for hydroxylation is 1. The Morgan fingerprint density at radius 2 is 1.95 bits per heavy atom. The van der Waals surface area contributed by atoms with Crippen LogP contribution >= 0.6 is 0 Å². The molecular formula is C15H16N2O2. The number of terminal acetylenes is 1. The predicted octanol–water partition coefficient (Wildman–Crippen LogP) is 2.46. The van der Waals surface area contributed by atoms with E-state index in [-0.39, 0.29) is 0 Å². The quantitative estimate of drug-likeness (QED) is 0.771. The molecule has 2 rings (SSSR count). The molecule has 0 fully saturated rings. The SMILES string of the molecule is C#CCCc1nn(-c2ccccc2)c(OC)c1OC. The first-order chi connectivity index (χ1) is 9.31. The maximum Gasteiger partial charge on any atom is 0.260 e. The fourth-order valence-corrected chi connectivity index (χ4v) is 1.91. The predicted molar refractivity (Wildman–Crippen MR) is 73.8 cm³/mol. The number of rotatable bonds is 5. The maximum atomic E-state index is 5.41. The van der Waals surface area contributed by atoms with Gasteiger partial charge in [0.15, 0.2) is 0 Å². The summed E-state index contributed by atoms with van der Waals surface area (Å²) in [4.78, 5) is 0. The van der Waals surface area contributed by atoms with Crippen molar-refractivity contribution < 1.29 is 9.47 Å². The van der Waals surface area contributed by atoms with Gasteiger partial charge in [0.1, 0.15) is 5.69 Å². The van der Waals surface area contributed by atoms with Gasteiger partial charge >= 0.3 is 0 Å². The summed E-state index contributed by atoms with van der Waals surface area (Å²) < 4.78 is 12.5. The first-order valence-corrected chi connectivity index (χ1v) is 6.00. The van der Waals surface area contributed by atoms with Crippen molar-refractivity contribution in [1.29, 1.82) is 0 Å². The average molecular weight is 256 g/mol. The molecule has 0 aliphatic heterocycles. The zero-order chi connectivity index (χ0) is 13.7. The summed E-state index contributed by atoms with van der Waals surface area (Å²) >= 11 is 0. The number of methoxy groups -OCH3 is 2. The van der Waals surface area contributed by atoms with Crippen molar-refractivity contribution in [3.8, 4) is 29.7 Å². The highest BCUT2D eigenvalue weighted by Gasteiger charge is 2.19. The number of benzene rings is 1. The summed E-state index contributed by atoms with van der Waals surface area (Å²) in [6.07, 6.45) is 6.58. The van der Waals surface area contributed by atoms with Gasteiger partial charge in [-0.05, 0) is 12.1 Å². The smallest absolute Gasteiger partial charge is 0.260 e. The Hall–Kier alpha value is -2.41. The summed E-state index contributed by atoms with van der Waals surface area (Å²) in [6.45, 7) is 0. The number of ether oxygens (including phenoxy) is 2. The van der Waals surface area contributed by atoms with Crippen LogP contribution in [-0.2, 0) is 6.42 Å². The molecule has 0 saturated heterocycles. The van der Waals surface area contributed by atoms with E-state index in [1.54, 1.807) is 18.9 Å². The van der Waals surface area contributed by atoms with Crippen LogP contribution in [0.2, 0.25) is 0 Å². The van der Waals surface area contributed by atoms with Gasteiger partial charge in [-0.3, -0.25) is 0 Å². The van der Waals surface area contributed by atoms with Crippen molar-refractivity contribution in [1.82, 2.24) is 9.78 Å². The molecule has 98 valence electrons. The Labute approximate surface area is 113 Å². The summed E-state index contributed by atoms with van der Waals surface area (Å²) in [5.74, 6) is 3.83. The van der Waals surface area contributed by atoms with Gasteiger partial charge in [-0.25, -0.2) is 0 Å². The van der Waals surface area contributed by atoms with Crippen LogP contribution in [0.3, 0.4) is 0 Å². The van der Waals surface area contributed by atoms with E-state index in [2.05, 4.69) is 11.0 Å². The topological polar surface area (TPSA) is 36.3 Å². The van der Waals surface area contributed by atoms with Crippen LogP contribution in [0, 0.1) is 12.3 Å². The lowest BCUT2D eigenvalue weighted by Gasteiger charge is -2.06. The standard InChI is InChI=1S/C15H16N2O2/c1-4-5-11-13-14(18-2)15(19-3)17(16-13)12-9-7-6-8-10-12/h1,6-10H,5,11H2,2-3H3. The van der Waals surface area contributed by atoms with Gasteiger partial charge in [0, 0.05) is 12.8 Å². The number of hydrogen-bond donors (Lipinski definition) is 0. The fourth-order valence-electron chi connectivity index (χ4n) is 1.91. The van der Waals surface area contributed by atoms with Crippen molar-refractivity contribution >= 4 is 0 Å². The van der Waals surface area contributed by atoms with Crippen LogP contribution < -0.4 is 9.47 Å². The van der Waals surface area contributed by atoms with Gasteiger partial charge in [0.2, 0.25) is 5.75 Å².